The molecule has 1 aromatic heterocycles. The van der Waals surface area contributed by atoms with E-state index in [0.29, 0.717) is 5.56 Å². The lowest BCUT2D eigenvalue weighted by molar-refractivity contribution is -0.114. The maximum atomic E-state index is 13.0. The number of amides is 1. The van der Waals surface area contributed by atoms with Gasteiger partial charge in [-0.15, -0.1) is 0 Å². The van der Waals surface area contributed by atoms with E-state index in [1.165, 1.54) is 6.08 Å². The fourth-order valence-corrected chi connectivity index (χ4v) is 4.12. The summed E-state index contributed by atoms with van der Waals surface area (Å²) in [6.45, 7) is 5.78. The van der Waals surface area contributed by atoms with E-state index in [9.17, 15) is 18.0 Å². The van der Waals surface area contributed by atoms with Crippen molar-refractivity contribution in [2.75, 3.05) is 0 Å². The van der Waals surface area contributed by atoms with Crippen molar-refractivity contribution in [2.24, 2.45) is 10.1 Å². The van der Waals surface area contributed by atoms with Crippen LogP contribution in [0.5, 0.6) is 0 Å². The number of hydrogen-bond donors (Lipinski definition) is 1. The molecule has 2 aliphatic heterocycles. The summed E-state index contributed by atoms with van der Waals surface area (Å²) in [6.07, 6.45) is -3.19. The quantitative estimate of drug-likeness (QED) is 0.707. The minimum absolute atomic E-state index is 0.115. The van der Waals surface area contributed by atoms with Gasteiger partial charge < -0.3 is 4.57 Å². The highest BCUT2D eigenvalue weighted by molar-refractivity contribution is 8.27. The minimum atomic E-state index is -4.67. The fourth-order valence-electron chi connectivity index (χ4n) is 3.36. The predicted molar refractivity (Wildman–Crippen MR) is 111 cm³/mol. The number of carbonyl (C=O) groups excluding carboxylic acids is 1. The van der Waals surface area contributed by atoms with Gasteiger partial charge in [-0.2, -0.15) is 28.3 Å². The molecule has 1 amide bonds. The number of nitrogens with one attached hydrogen (secondary N) is 1. The van der Waals surface area contributed by atoms with E-state index in [0.717, 1.165) is 27.6 Å². The highest BCUT2D eigenvalue weighted by atomic mass is 32.2. The molecule has 0 unspecified atom stereocenters. The van der Waals surface area contributed by atoms with E-state index in [4.69, 9.17) is 5.41 Å². The Balaban J connectivity index is 1.75. The van der Waals surface area contributed by atoms with Crippen molar-refractivity contribution >= 4 is 39.8 Å². The molecule has 0 spiro atoms. The molecule has 154 valence electrons. The van der Waals surface area contributed by atoms with Gasteiger partial charge in [0.2, 0.25) is 10.2 Å². The number of aryl methyl sites for hydroxylation is 2. The Morgan fingerprint density at radius 3 is 2.57 bits per heavy atom. The highest BCUT2D eigenvalue weighted by Crippen LogP contribution is 2.35. The van der Waals surface area contributed by atoms with Crippen molar-refractivity contribution in [2.45, 2.75) is 26.9 Å². The molecular weight excluding hydrogens is 415 g/mol. The molecule has 0 fully saturated rings. The Hall–Kier alpha value is -3.14. The number of amidine groups is 2. The first-order chi connectivity index (χ1) is 14.1. The summed E-state index contributed by atoms with van der Waals surface area (Å²) in [5, 5.41) is 11.0. The Labute approximate surface area is 174 Å². The Kier molecular flexibility index (Phi) is 4.69. The van der Waals surface area contributed by atoms with Crippen molar-refractivity contribution in [3.05, 3.63) is 58.4 Å². The number of hydrogen-bond acceptors (Lipinski definition) is 4. The maximum absolute atomic E-state index is 13.0. The number of aliphatic imine (C=N–C) groups is 1. The predicted octanol–water partition coefficient (Wildman–Crippen LogP) is 4.58. The van der Waals surface area contributed by atoms with Crippen LogP contribution in [0, 0.1) is 26.2 Å². The zero-order valence-electron chi connectivity index (χ0n) is 16.2. The number of benzene rings is 1. The molecule has 30 heavy (non-hydrogen) atoms. The molecule has 3 heterocycles. The third-order valence-electron chi connectivity index (χ3n) is 4.73. The van der Waals surface area contributed by atoms with Crippen LogP contribution in [0.4, 0.5) is 13.2 Å². The van der Waals surface area contributed by atoms with Crippen molar-refractivity contribution in [1.82, 2.24) is 9.58 Å². The third kappa shape index (κ3) is 3.36. The van der Waals surface area contributed by atoms with Gasteiger partial charge in [-0.3, -0.25) is 10.2 Å². The molecule has 0 saturated heterocycles. The van der Waals surface area contributed by atoms with Crippen LogP contribution in [-0.2, 0) is 4.79 Å². The molecule has 0 bridgehead atoms. The first kappa shape index (κ1) is 20.1. The Morgan fingerprint density at radius 2 is 1.90 bits per heavy atom. The molecule has 10 heteroatoms. The first-order valence-electron chi connectivity index (χ1n) is 8.89. The van der Waals surface area contributed by atoms with E-state index >= 15 is 0 Å². The molecule has 2 aliphatic rings. The monoisotopic (exact) mass is 431 g/mol. The van der Waals surface area contributed by atoms with E-state index in [-0.39, 0.29) is 22.5 Å². The molecule has 6 nitrogen and oxygen atoms in total. The molecule has 1 N–H and O–H groups in total. The van der Waals surface area contributed by atoms with Crippen molar-refractivity contribution in [1.29, 1.82) is 5.41 Å². The van der Waals surface area contributed by atoms with Gasteiger partial charge in [0.15, 0.2) is 5.84 Å². The maximum Gasteiger partial charge on any atom is 0.441 e. The Morgan fingerprint density at radius 1 is 1.17 bits per heavy atom. The summed E-state index contributed by atoms with van der Waals surface area (Å²) >= 11 is 0.234. The molecule has 0 aliphatic carbocycles. The molecule has 0 saturated carbocycles. The highest BCUT2D eigenvalue weighted by Gasteiger charge is 2.46. The summed E-state index contributed by atoms with van der Waals surface area (Å²) in [6, 6.07) is 9.77. The van der Waals surface area contributed by atoms with Gasteiger partial charge >= 0.3 is 6.18 Å². The first-order valence-corrected chi connectivity index (χ1v) is 9.71. The van der Waals surface area contributed by atoms with Crippen LogP contribution in [0.25, 0.3) is 11.8 Å². The van der Waals surface area contributed by atoms with Crippen LogP contribution in [0.3, 0.4) is 0 Å². The lowest BCUT2D eigenvalue weighted by Crippen LogP contribution is -2.35. The largest absolute Gasteiger partial charge is 0.441 e. The van der Waals surface area contributed by atoms with Gasteiger partial charge in [-0.05, 0) is 67.9 Å². The van der Waals surface area contributed by atoms with Gasteiger partial charge in [-0.25, -0.2) is 0 Å². The molecular formula is C20H16F3N5OS. The molecule has 4 rings (SSSR count). The smallest absolute Gasteiger partial charge is 0.318 e. The van der Waals surface area contributed by atoms with Gasteiger partial charge in [-0.1, -0.05) is 12.1 Å². The summed E-state index contributed by atoms with van der Waals surface area (Å²) < 4.78 is 40.9. The van der Waals surface area contributed by atoms with Gasteiger partial charge in [0.05, 0.1) is 5.57 Å². The zero-order valence-corrected chi connectivity index (χ0v) is 17.0. The summed E-state index contributed by atoms with van der Waals surface area (Å²) in [4.78, 5) is 16.2. The number of hydrazone groups is 1. The second-order valence-electron chi connectivity index (χ2n) is 6.92. The number of alkyl halides is 3. The molecule has 1 aromatic carbocycles. The van der Waals surface area contributed by atoms with Crippen molar-refractivity contribution < 1.29 is 18.0 Å². The number of halogens is 3. The minimum Gasteiger partial charge on any atom is -0.318 e. The van der Waals surface area contributed by atoms with Gasteiger partial charge in [0.25, 0.3) is 5.91 Å². The summed E-state index contributed by atoms with van der Waals surface area (Å²) in [5.41, 5.74) is 4.35. The average molecular weight is 431 g/mol. The number of rotatable bonds is 2. The standard InChI is InChI=1S/C20H16F3N5OS/c1-10-5-4-6-14(7-10)27-11(2)8-13(12(27)3)9-15-16(24)28-19(25-17(15)29)30-18(26-28)20(21,22)23/h4-9,24H,1-3H3/b15-9-,24-16?. The van der Waals surface area contributed by atoms with E-state index < -0.39 is 23.0 Å². The number of carbonyl (C=O) groups is 1. The summed E-state index contributed by atoms with van der Waals surface area (Å²) in [7, 11) is 0. The van der Waals surface area contributed by atoms with E-state index in [2.05, 4.69) is 10.1 Å². The third-order valence-corrected chi connectivity index (χ3v) is 5.68. The number of thioether (sulfide) groups is 1. The summed E-state index contributed by atoms with van der Waals surface area (Å²) in [5.74, 6) is -1.20. The SMILES string of the molecule is Cc1cccc(-n2c(C)cc(/C=C3/C(=N)N4N=C(C(F)(F)F)SC4=NC3=O)c2C)c1. The average Bonchev–Trinajstić information content (AvgIpc) is 3.20. The lowest BCUT2D eigenvalue weighted by Gasteiger charge is -2.20. The van der Waals surface area contributed by atoms with Crippen molar-refractivity contribution in [3.63, 3.8) is 0 Å². The molecule has 0 radical (unpaired) electrons. The number of fused-ring (bicyclic) bond motifs is 1. The van der Waals surface area contributed by atoms with Crippen LogP contribution < -0.4 is 0 Å². The molecule has 0 atom stereocenters. The second-order valence-corrected chi connectivity index (χ2v) is 7.88. The van der Waals surface area contributed by atoms with Gasteiger partial charge in [0, 0.05) is 17.1 Å². The topological polar surface area (TPSA) is 73.8 Å². The van der Waals surface area contributed by atoms with Crippen LogP contribution >= 0.6 is 11.8 Å². The van der Waals surface area contributed by atoms with Crippen LogP contribution in [-0.4, -0.2) is 37.7 Å². The fraction of sp³-hybridized carbons (Fsp3) is 0.200. The normalized spacial score (nSPS) is 18.1. The number of nitrogens with zero attached hydrogens (tertiary/aromatic N) is 4. The van der Waals surface area contributed by atoms with Crippen LogP contribution in [0.15, 0.2) is 46.0 Å². The number of aromatic nitrogens is 1. The lowest BCUT2D eigenvalue weighted by atomic mass is 10.1. The van der Waals surface area contributed by atoms with Crippen LogP contribution in [0.2, 0.25) is 0 Å². The van der Waals surface area contributed by atoms with Gasteiger partial charge in [0.1, 0.15) is 0 Å². The second kappa shape index (κ2) is 6.98. The Bertz CT molecular complexity index is 1190. The van der Waals surface area contributed by atoms with E-state index in [1.54, 1.807) is 0 Å². The molecule has 2 aromatic rings. The van der Waals surface area contributed by atoms with Crippen molar-refractivity contribution in [3.8, 4) is 5.69 Å². The zero-order chi connectivity index (χ0) is 21.8. The van der Waals surface area contributed by atoms with E-state index in [1.807, 2.05) is 55.7 Å². The van der Waals surface area contributed by atoms with Crippen LogP contribution in [0.1, 0.15) is 22.5 Å².